The number of carbonyl (C=O) groups is 2. The van der Waals surface area contributed by atoms with Gasteiger partial charge in [-0.1, -0.05) is 60.7 Å². The Morgan fingerprint density at radius 1 is 0.647 bits per heavy atom. The van der Waals surface area contributed by atoms with Gasteiger partial charge in [-0.25, -0.2) is 0 Å². The maximum Gasteiger partial charge on any atom is 0.315 e. The SMILES string of the molecule is COC(=O)C12C(c3ccccc3)C3C4C(c5ccccc5)C5(C(=O)OC)C3N(C)C1C5N(C)C42. The summed E-state index contributed by atoms with van der Waals surface area (Å²) in [5.41, 5.74) is 0.902. The number of benzene rings is 2. The molecule has 2 aromatic rings. The first-order valence-electron chi connectivity index (χ1n) is 12.2. The van der Waals surface area contributed by atoms with E-state index in [0.29, 0.717) is 0 Å². The van der Waals surface area contributed by atoms with Gasteiger partial charge in [-0.15, -0.1) is 0 Å². The molecule has 2 saturated carbocycles. The number of methoxy groups -OCH3 is 2. The molecule has 6 rings (SSSR count). The molecule has 4 aliphatic rings. The van der Waals surface area contributed by atoms with E-state index in [-0.39, 0.29) is 59.8 Å². The molecular weight excluding hydrogens is 428 g/mol. The van der Waals surface area contributed by atoms with Gasteiger partial charge in [0.05, 0.1) is 14.2 Å². The van der Waals surface area contributed by atoms with Crippen LogP contribution in [0.15, 0.2) is 60.7 Å². The molecule has 176 valence electrons. The third-order valence-electron chi connectivity index (χ3n) is 10.4. The van der Waals surface area contributed by atoms with Crippen molar-refractivity contribution in [1.82, 2.24) is 9.80 Å². The zero-order valence-electron chi connectivity index (χ0n) is 19.9. The molecule has 0 spiro atoms. The van der Waals surface area contributed by atoms with E-state index in [1.54, 1.807) is 0 Å². The van der Waals surface area contributed by atoms with Gasteiger partial charge < -0.3 is 9.47 Å². The molecule has 4 fully saturated rings. The Labute approximate surface area is 199 Å². The van der Waals surface area contributed by atoms with Crippen molar-refractivity contribution in [3.05, 3.63) is 71.8 Å². The average molecular weight is 459 g/mol. The standard InChI is InChI=1S/C28H30N2O4/c1-29-21-17-18-20(16-13-9-6-10-14-16)27(21,25(31)33-3)24-23(29)28(26(32)34-4,22(18)30(24)2)19(17)15-11-7-5-8-12-15/h5-14,17-24H,1-4H3. The van der Waals surface area contributed by atoms with Crippen LogP contribution in [0.5, 0.6) is 0 Å². The van der Waals surface area contributed by atoms with Crippen molar-refractivity contribution in [3.63, 3.8) is 0 Å². The van der Waals surface area contributed by atoms with Crippen LogP contribution in [0.2, 0.25) is 0 Å². The molecule has 34 heavy (non-hydrogen) atoms. The number of carbonyl (C=O) groups excluding carboxylic acids is 2. The predicted molar refractivity (Wildman–Crippen MR) is 125 cm³/mol. The van der Waals surface area contributed by atoms with Gasteiger partial charge >= 0.3 is 11.9 Å². The van der Waals surface area contributed by atoms with Gasteiger partial charge in [-0.2, -0.15) is 0 Å². The first-order valence-corrected chi connectivity index (χ1v) is 12.2. The van der Waals surface area contributed by atoms with Crippen LogP contribution in [0.25, 0.3) is 0 Å². The van der Waals surface area contributed by atoms with E-state index < -0.39 is 10.8 Å². The summed E-state index contributed by atoms with van der Waals surface area (Å²) in [6, 6.07) is 20.7. The van der Waals surface area contributed by atoms with Crippen LogP contribution in [0.4, 0.5) is 0 Å². The van der Waals surface area contributed by atoms with E-state index in [1.807, 2.05) is 12.1 Å². The minimum atomic E-state index is -0.727. The molecule has 2 aliphatic heterocycles. The molecule has 0 bridgehead atoms. The molecule has 6 heteroatoms. The first kappa shape index (κ1) is 20.7. The molecular formula is C28H30N2O4. The van der Waals surface area contributed by atoms with Crippen molar-refractivity contribution in [1.29, 1.82) is 0 Å². The lowest BCUT2D eigenvalue weighted by Crippen LogP contribution is -2.62. The molecule has 2 aliphatic carbocycles. The lowest BCUT2D eigenvalue weighted by molar-refractivity contribution is -0.166. The number of hydrogen-bond acceptors (Lipinski definition) is 6. The number of ether oxygens (including phenoxy) is 2. The number of fused-ring (bicyclic) bond motifs is 8. The normalized spacial score (nSPS) is 45.3. The minimum absolute atomic E-state index is 0.00286. The Bertz CT molecular complexity index is 1090. The number of piperidine rings is 2. The molecule has 2 aromatic carbocycles. The number of likely N-dealkylation sites (tertiary alicyclic amines) is 2. The fourth-order valence-corrected chi connectivity index (χ4v) is 10.2. The van der Waals surface area contributed by atoms with Crippen molar-refractivity contribution in [2.24, 2.45) is 22.7 Å². The number of likely N-dealkylation sites (N-methyl/N-ethyl adjacent to an activating group) is 2. The van der Waals surface area contributed by atoms with Crippen molar-refractivity contribution in [2.75, 3.05) is 28.3 Å². The van der Waals surface area contributed by atoms with E-state index in [4.69, 9.17) is 9.47 Å². The molecule has 0 amide bonds. The van der Waals surface area contributed by atoms with Crippen LogP contribution in [-0.4, -0.2) is 74.2 Å². The average Bonchev–Trinajstić information content (AvgIpc) is 3.42. The number of nitrogens with zero attached hydrogens (tertiary/aromatic N) is 2. The zero-order valence-corrected chi connectivity index (χ0v) is 19.9. The summed E-state index contributed by atoms with van der Waals surface area (Å²) in [5, 5.41) is 0. The van der Waals surface area contributed by atoms with Crippen molar-refractivity contribution in [3.8, 4) is 0 Å². The summed E-state index contributed by atoms with van der Waals surface area (Å²) in [7, 11) is 7.26. The van der Waals surface area contributed by atoms with E-state index in [2.05, 4.69) is 72.4 Å². The predicted octanol–water partition coefficient (Wildman–Crippen LogP) is 2.51. The number of hydrogen-bond donors (Lipinski definition) is 0. The van der Waals surface area contributed by atoms with E-state index >= 15 is 0 Å². The smallest absolute Gasteiger partial charge is 0.315 e. The van der Waals surface area contributed by atoms with Crippen molar-refractivity contribution in [2.45, 2.75) is 36.0 Å². The Kier molecular flexibility index (Phi) is 3.94. The number of esters is 2. The molecule has 0 N–H and O–H groups in total. The lowest BCUT2D eigenvalue weighted by Gasteiger charge is -2.50. The molecule has 2 heterocycles. The minimum Gasteiger partial charge on any atom is -0.468 e. The first-order chi connectivity index (χ1) is 16.5. The summed E-state index contributed by atoms with van der Waals surface area (Å²) in [4.78, 5) is 32.7. The summed E-state index contributed by atoms with van der Waals surface area (Å²) in [6.45, 7) is 0. The Balaban J connectivity index is 1.58. The molecule has 6 nitrogen and oxygen atoms in total. The van der Waals surface area contributed by atoms with Crippen LogP contribution in [-0.2, 0) is 19.1 Å². The third kappa shape index (κ3) is 1.83. The second-order valence-corrected chi connectivity index (χ2v) is 10.9. The second kappa shape index (κ2) is 6.49. The highest BCUT2D eigenvalue weighted by atomic mass is 16.5. The van der Waals surface area contributed by atoms with Crippen LogP contribution < -0.4 is 0 Å². The second-order valence-electron chi connectivity index (χ2n) is 10.9. The third-order valence-corrected chi connectivity index (χ3v) is 10.4. The maximum atomic E-state index is 14.0. The highest BCUT2D eigenvalue weighted by molar-refractivity contribution is 5.90. The molecule has 10 atom stereocenters. The summed E-state index contributed by atoms with van der Waals surface area (Å²) in [6.07, 6.45) is 0. The summed E-state index contributed by atoms with van der Waals surface area (Å²) < 4.78 is 11.3. The molecule has 0 aromatic heterocycles. The van der Waals surface area contributed by atoms with Crippen LogP contribution >= 0.6 is 0 Å². The van der Waals surface area contributed by atoms with E-state index in [0.717, 1.165) is 0 Å². The van der Waals surface area contributed by atoms with Crippen molar-refractivity contribution >= 4 is 11.9 Å². The highest BCUT2D eigenvalue weighted by Crippen LogP contribution is 2.84. The molecule has 2 saturated heterocycles. The monoisotopic (exact) mass is 458 g/mol. The molecule has 10 unspecified atom stereocenters. The topological polar surface area (TPSA) is 59.1 Å². The fourth-order valence-electron chi connectivity index (χ4n) is 10.2. The molecule has 0 radical (unpaired) electrons. The Morgan fingerprint density at radius 2 is 1.00 bits per heavy atom. The van der Waals surface area contributed by atoms with Crippen LogP contribution in [0.3, 0.4) is 0 Å². The van der Waals surface area contributed by atoms with Gasteiger partial charge in [-0.05, 0) is 37.1 Å². The summed E-state index contributed by atoms with van der Waals surface area (Å²) in [5.74, 6) is -0.000130. The van der Waals surface area contributed by atoms with Gasteiger partial charge in [0.25, 0.3) is 0 Å². The van der Waals surface area contributed by atoms with Crippen LogP contribution in [0, 0.1) is 22.7 Å². The lowest BCUT2D eigenvalue weighted by atomic mass is 9.63. The highest BCUT2D eigenvalue weighted by Gasteiger charge is 2.94. The van der Waals surface area contributed by atoms with E-state index in [1.165, 1.54) is 25.3 Å². The van der Waals surface area contributed by atoms with Crippen molar-refractivity contribution < 1.29 is 19.1 Å². The zero-order chi connectivity index (χ0) is 23.6. The van der Waals surface area contributed by atoms with Gasteiger partial charge in [0, 0.05) is 36.0 Å². The maximum absolute atomic E-state index is 14.0. The van der Waals surface area contributed by atoms with Gasteiger partial charge in [0.2, 0.25) is 0 Å². The van der Waals surface area contributed by atoms with Crippen LogP contribution in [0.1, 0.15) is 23.0 Å². The van der Waals surface area contributed by atoms with Gasteiger partial charge in [0.1, 0.15) is 10.8 Å². The van der Waals surface area contributed by atoms with E-state index in [9.17, 15) is 9.59 Å². The quantitative estimate of drug-likeness (QED) is 0.518. The van der Waals surface area contributed by atoms with Gasteiger partial charge in [-0.3, -0.25) is 19.4 Å². The Morgan fingerprint density at radius 3 is 1.32 bits per heavy atom. The van der Waals surface area contributed by atoms with Gasteiger partial charge in [0.15, 0.2) is 0 Å². The largest absolute Gasteiger partial charge is 0.468 e. The number of rotatable bonds is 4. The fraction of sp³-hybridized carbons (Fsp3) is 0.500. The summed E-state index contributed by atoms with van der Waals surface area (Å²) >= 11 is 0. The Hall–Kier alpha value is -2.70.